The molecule has 0 N–H and O–H groups in total. The Labute approximate surface area is 645 Å². The Hall–Kier alpha value is -8.85. The number of amides is 3. The molecule has 0 aliphatic carbocycles. The molecule has 3 fully saturated rings. The summed E-state index contributed by atoms with van der Waals surface area (Å²) < 4.78 is 176. The van der Waals surface area contributed by atoms with Crippen LogP contribution in [0.25, 0.3) is 10.4 Å². The molecule has 6 aliphatic heterocycles. The van der Waals surface area contributed by atoms with Crippen molar-refractivity contribution in [1.82, 2.24) is 30.0 Å². The van der Waals surface area contributed by atoms with Gasteiger partial charge in [-0.25, -0.2) is 40.6 Å². The van der Waals surface area contributed by atoms with Gasteiger partial charge >= 0.3 is 322 Å². The van der Waals surface area contributed by atoms with E-state index in [0.717, 1.165) is 81.5 Å². The predicted octanol–water partition coefficient (Wildman–Crippen LogP) is 16.3. The molecule has 0 spiro atoms. The molecular formula is C75H93F10N15O9Sn2. The summed E-state index contributed by atoms with van der Waals surface area (Å²) in [5, 5.41) is 18.9. The van der Waals surface area contributed by atoms with Crippen molar-refractivity contribution < 1.29 is 86.9 Å². The fraction of sp³-hybridized carbons (Fsp3) is 0.520. The van der Waals surface area contributed by atoms with Gasteiger partial charge in [0.2, 0.25) is 0 Å². The van der Waals surface area contributed by atoms with Crippen molar-refractivity contribution >= 4 is 110 Å². The number of aromatic nitrogens is 6. The van der Waals surface area contributed by atoms with E-state index in [2.05, 4.69) is 76.1 Å². The van der Waals surface area contributed by atoms with Gasteiger partial charge in [0.15, 0.2) is 52.3 Å². The van der Waals surface area contributed by atoms with E-state index in [4.69, 9.17) is 26.2 Å². The first-order chi connectivity index (χ1) is 53.2. The van der Waals surface area contributed by atoms with Crippen LogP contribution in [0.3, 0.4) is 0 Å². The largest absolute Gasteiger partial charge is 0.444 e. The number of nitrogens with zero attached hydrogens (tertiary/aromatic N) is 15. The van der Waals surface area contributed by atoms with Gasteiger partial charge in [0.1, 0.15) is 23.6 Å². The SMILES string of the molecule is C#[C][Sn]([CH2]CCC)([CH2]CCC)[CH2]CCC.CCC[CH2][Sn]([CH2]CCC)([CH2]CCC)[c]1cn(CC2CN(c3cc(F)c(N4C=CC(=O)CC4)c(F)c3F)C(=O)O2)nn1.O=C1C=CN(c2c(F)cc(N3C[C@H](Cn4cc(F)nn4)OC3=O)c(F)c2F)CC1.[N-]=[N+]=NC[C@H]1CN(c2cc(F)c(N3C=CC(=O)CC3)c(F)c2F)C(=O)O1. The average molecular weight is 1780 g/mol. The summed E-state index contributed by atoms with van der Waals surface area (Å²) in [5.74, 6) is -13.3. The maximum absolute atomic E-state index is 15.2. The fourth-order valence-corrected chi connectivity index (χ4v) is 41.1. The number of hydrogen-bond donors (Lipinski definition) is 0. The smallest absolute Gasteiger partial charge is 0.414 e. The number of ketones is 3. The Bertz CT molecular complexity index is 4280. The van der Waals surface area contributed by atoms with E-state index in [9.17, 15) is 59.5 Å². The number of carbonyl (C=O) groups excluding carboxylic acids is 6. The van der Waals surface area contributed by atoms with E-state index in [1.165, 1.54) is 109 Å². The normalized spacial score (nSPS) is 17.6. The number of carbonyl (C=O) groups is 6. The van der Waals surface area contributed by atoms with E-state index in [1.54, 1.807) is 4.68 Å². The number of terminal acetylenes is 1. The van der Waals surface area contributed by atoms with Crippen LogP contribution in [-0.2, 0) is 41.7 Å². The number of ether oxygens (including phenoxy) is 3. The van der Waals surface area contributed by atoms with Crippen molar-refractivity contribution in [3.63, 3.8) is 0 Å². The van der Waals surface area contributed by atoms with Gasteiger partial charge in [-0.1, -0.05) is 15.4 Å². The van der Waals surface area contributed by atoms with E-state index in [1.807, 2.05) is 6.20 Å². The Morgan fingerprint density at radius 1 is 0.486 bits per heavy atom. The third-order valence-corrected chi connectivity index (χ3v) is 47.9. The molecule has 1 unspecified atom stereocenters. The molecule has 2 aromatic heterocycles. The van der Waals surface area contributed by atoms with Crippen LogP contribution in [0.5, 0.6) is 0 Å². The van der Waals surface area contributed by atoms with Gasteiger partial charge < -0.3 is 19.3 Å². The van der Waals surface area contributed by atoms with E-state index in [-0.39, 0.29) is 95.5 Å². The molecule has 600 valence electrons. The van der Waals surface area contributed by atoms with Crippen LogP contribution >= 0.6 is 0 Å². The minimum atomic E-state index is -2.79. The summed E-state index contributed by atoms with van der Waals surface area (Å²) in [7, 11) is 0. The summed E-state index contributed by atoms with van der Waals surface area (Å²) in [4.78, 5) is 78.7. The summed E-state index contributed by atoms with van der Waals surface area (Å²) in [6, 6.07) is 2.18. The van der Waals surface area contributed by atoms with Crippen LogP contribution in [0.4, 0.5) is 92.4 Å². The van der Waals surface area contributed by atoms with Gasteiger partial charge in [0.05, 0.1) is 43.8 Å². The summed E-state index contributed by atoms with van der Waals surface area (Å²) in [6.45, 7) is 12.9. The second kappa shape index (κ2) is 41.6. The van der Waals surface area contributed by atoms with Crippen molar-refractivity contribution in [1.29, 1.82) is 0 Å². The van der Waals surface area contributed by atoms with Gasteiger partial charge in [0.25, 0.3) is 5.95 Å². The Balaban J connectivity index is 0.000000196. The Morgan fingerprint density at radius 3 is 1.14 bits per heavy atom. The molecule has 0 radical (unpaired) electrons. The van der Waals surface area contributed by atoms with Gasteiger partial charge in [0, 0.05) is 74.5 Å². The van der Waals surface area contributed by atoms with Crippen LogP contribution in [0.2, 0.25) is 26.6 Å². The predicted molar refractivity (Wildman–Crippen MR) is 402 cm³/mol. The summed E-state index contributed by atoms with van der Waals surface area (Å²) >= 11 is -4.88. The summed E-state index contributed by atoms with van der Waals surface area (Å²) in [6.07, 6.45) is 25.9. The molecule has 3 atom stereocenters. The molecule has 0 bridgehead atoms. The molecule has 11 rings (SSSR count). The zero-order chi connectivity index (χ0) is 80.7. The number of anilines is 6. The molecule has 111 heavy (non-hydrogen) atoms. The first-order valence-corrected chi connectivity index (χ1v) is 52.5. The minimum absolute atomic E-state index is 0.00194. The summed E-state index contributed by atoms with van der Waals surface area (Å²) in [5.41, 5.74) is 4.61. The number of halogens is 10. The van der Waals surface area contributed by atoms with Gasteiger partial charge in [-0.2, -0.15) is 4.39 Å². The number of benzene rings is 3. The quantitative estimate of drug-likeness (QED) is 0.00584. The van der Waals surface area contributed by atoms with Crippen LogP contribution < -0.4 is 33.1 Å². The molecule has 6 aliphatic rings. The number of allylic oxidation sites excluding steroid dienone is 3. The standard InChI is InChI=1S/C17H13F4N5O3.C17H13F3N5O3.C15H12F3N5O3.6C4H9.C2H.2Sn/c18-11-5-12(14(20)15(21)16(11)24-3-1-9(27)2-4-24)26-7-10(29-17(26)28)6-25-8-13(19)22-23-25;18-12-7-13(14(19)15(20)16(12)23-4-1-10(26)2-5-23)25-9-11(28-17(25)27)8-24-6-3-21-22-24;16-10-5-11(23-7-9(6-20-21-19)26-15(23)25)12(17)13(18)14(10)22-3-1-8(24)2-4-22;6*1-3-4-2;1-2;;/h1,3,5,8,10H,2,4,6-7H2;1,4,6-7,11H,2,5,8-9H2;1,3,5,9H,2,4,6-7H2;6*1,3-4H2,2H3;1H;;/t10-;;9-;;;;;;;;;/m0.0........./s1. The molecule has 8 heterocycles. The minimum Gasteiger partial charge on any atom is -0.444 e. The van der Waals surface area contributed by atoms with Crippen molar-refractivity contribution in [2.75, 3.05) is 75.2 Å². The number of cyclic esters (lactones) is 3. The number of rotatable bonds is 31. The van der Waals surface area contributed by atoms with E-state index in [0.29, 0.717) is 12.1 Å². The second-order valence-corrected chi connectivity index (χ2v) is 53.4. The Kier molecular flexibility index (Phi) is 32.9. The maximum atomic E-state index is 15.2. The van der Waals surface area contributed by atoms with Gasteiger partial charge in [-0.15, -0.1) is 0 Å². The van der Waals surface area contributed by atoms with Crippen LogP contribution in [-0.4, -0.2) is 166 Å². The monoisotopic (exact) mass is 1780 g/mol. The average Bonchev–Trinajstić information content (AvgIpc) is 1.77. The molecule has 5 aromatic rings. The number of unbranched alkanes of at least 4 members (excludes halogenated alkanes) is 6. The van der Waals surface area contributed by atoms with Crippen LogP contribution in [0, 0.1) is 68.7 Å². The van der Waals surface area contributed by atoms with Crippen molar-refractivity contribution in [3.05, 3.63) is 136 Å². The van der Waals surface area contributed by atoms with Crippen LogP contribution in [0.15, 0.2) is 72.5 Å². The fourth-order valence-electron chi connectivity index (χ4n) is 13.8. The molecule has 3 saturated heterocycles. The third-order valence-electron chi connectivity index (χ3n) is 19.9. The maximum Gasteiger partial charge on any atom is 0.414 e. The van der Waals surface area contributed by atoms with Crippen LogP contribution in [0.1, 0.15) is 138 Å². The van der Waals surface area contributed by atoms with Gasteiger partial charge in [-0.05, 0) is 23.8 Å². The molecule has 0 saturated carbocycles. The number of azide groups is 1. The topological polar surface area (TPSA) is 260 Å². The Morgan fingerprint density at radius 2 is 0.820 bits per heavy atom. The van der Waals surface area contributed by atoms with E-state index < -0.39 is 166 Å². The van der Waals surface area contributed by atoms with Crippen molar-refractivity contribution in [2.45, 2.75) is 196 Å². The second-order valence-electron chi connectivity index (χ2n) is 27.9. The molecule has 24 nitrogen and oxygen atoms in total. The molecule has 3 aromatic carbocycles. The van der Waals surface area contributed by atoms with Crippen molar-refractivity contribution in [2.24, 2.45) is 5.11 Å². The molecule has 3 amide bonds. The van der Waals surface area contributed by atoms with Crippen molar-refractivity contribution in [3.8, 4) is 10.4 Å². The zero-order valence-electron chi connectivity index (χ0n) is 63.0. The van der Waals surface area contributed by atoms with E-state index >= 15 is 13.2 Å². The number of hydrogen-bond acceptors (Lipinski definition) is 17. The first kappa shape index (κ1) is 87.7. The van der Waals surface area contributed by atoms with Gasteiger partial charge in [-0.3, -0.25) is 24.2 Å². The first-order valence-electron chi connectivity index (χ1n) is 37.6. The third kappa shape index (κ3) is 22.5. The molecule has 36 heteroatoms. The molecular weight excluding hydrogens is 1680 g/mol. The zero-order valence-corrected chi connectivity index (χ0v) is 68.7.